The highest BCUT2D eigenvalue weighted by Gasteiger charge is 2.17. The van der Waals surface area contributed by atoms with Crippen LogP contribution in [-0.4, -0.2) is 125 Å². The number of esters is 1. The molecule has 2 amide bonds. The summed E-state index contributed by atoms with van der Waals surface area (Å²) in [6.45, 7) is 7.22. The molecule has 4 N–H and O–H groups in total. The van der Waals surface area contributed by atoms with Gasteiger partial charge in [-0.2, -0.15) is 0 Å². The molecule has 0 spiro atoms. The fraction of sp³-hybridized carbons (Fsp3) is 0.674. The molecule has 0 aliphatic rings. The van der Waals surface area contributed by atoms with Crippen LogP contribution in [0.15, 0.2) is 41.6 Å². The molecule has 0 aliphatic heterocycles. The van der Waals surface area contributed by atoms with E-state index in [1.165, 1.54) is 75.9 Å². The molecule has 18 nitrogen and oxygen atoms in total. The van der Waals surface area contributed by atoms with Crippen LogP contribution in [0.4, 0.5) is 5.69 Å². The topological polar surface area (TPSA) is 240 Å². The molecule has 0 fully saturated rings. The van der Waals surface area contributed by atoms with Crippen LogP contribution in [0.3, 0.4) is 0 Å². The molecule has 2 rings (SSSR count). The van der Waals surface area contributed by atoms with E-state index >= 15 is 0 Å². The number of carboxylic acid groups (broad SMARTS) is 1. The first kappa shape index (κ1) is 53.7. The van der Waals surface area contributed by atoms with Crippen LogP contribution >= 0.6 is 0 Å². The number of nitrogens with one attached hydrogen (secondary N) is 3. The van der Waals surface area contributed by atoms with E-state index < -0.39 is 34.1 Å². The molecule has 0 saturated heterocycles. The lowest BCUT2D eigenvalue weighted by Crippen LogP contribution is -2.31. The second-order valence-corrected chi connectivity index (χ2v) is 17.2. The van der Waals surface area contributed by atoms with Gasteiger partial charge in [0.25, 0.3) is 15.9 Å². The monoisotopic (exact) mass is 895 g/mol. The van der Waals surface area contributed by atoms with E-state index in [-0.39, 0.29) is 87.6 Å². The molecule has 350 valence electrons. The number of carboxylic acids is 1. The predicted molar refractivity (Wildman–Crippen MR) is 232 cm³/mol. The maximum Gasteiger partial charge on any atom is 0.329 e. The minimum absolute atomic E-state index is 0.0386. The number of sulfonamides is 1. The number of carbonyl (C=O) groups is 4. The van der Waals surface area contributed by atoms with Crippen LogP contribution < -0.4 is 20.1 Å². The first-order valence-electron chi connectivity index (χ1n) is 21.6. The summed E-state index contributed by atoms with van der Waals surface area (Å²) in [5.74, 6) is -1.61. The van der Waals surface area contributed by atoms with Crippen molar-refractivity contribution >= 4 is 39.5 Å². The van der Waals surface area contributed by atoms with Gasteiger partial charge in [-0.15, -0.1) is 0 Å². The van der Waals surface area contributed by atoms with Gasteiger partial charge in [-0.05, 0) is 57.9 Å². The summed E-state index contributed by atoms with van der Waals surface area (Å²) in [7, 11) is -3.94. The smallest absolute Gasteiger partial charge is 0.329 e. The SMILES string of the molecule is CC(C)(C)OC(=O)CCCCCCCCCCCCCCCOc1ccc(S(=O)(=O)Nc2cnc(C(=O)NCCOCCOCC(=O)NCCOCCOCC(=O)O)nc2)cc1. The average molecular weight is 896 g/mol. The average Bonchev–Trinajstić information content (AvgIpc) is 3.22. The summed E-state index contributed by atoms with van der Waals surface area (Å²) < 4.78 is 60.1. The van der Waals surface area contributed by atoms with Crippen LogP contribution in [0.5, 0.6) is 5.75 Å². The maximum absolute atomic E-state index is 12.9. The van der Waals surface area contributed by atoms with Gasteiger partial charge in [-0.1, -0.05) is 70.6 Å². The number of aromatic nitrogens is 2. The number of carbonyl (C=O) groups excluding carboxylic acids is 3. The summed E-state index contributed by atoms with van der Waals surface area (Å²) in [5, 5.41) is 13.7. The Bertz CT molecular complexity index is 1660. The lowest BCUT2D eigenvalue weighted by Gasteiger charge is -2.19. The quantitative estimate of drug-likeness (QED) is 0.0487. The third-order valence-corrected chi connectivity index (χ3v) is 10.2. The van der Waals surface area contributed by atoms with Crippen LogP contribution in [0.1, 0.15) is 121 Å². The lowest BCUT2D eigenvalue weighted by molar-refractivity contribution is -0.155. The molecule has 1 aromatic heterocycles. The number of rotatable bonds is 37. The highest BCUT2D eigenvalue weighted by atomic mass is 32.2. The minimum Gasteiger partial charge on any atom is -0.494 e. The van der Waals surface area contributed by atoms with E-state index in [1.807, 2.05) is 20.8 Å². The molecule has 2 aromatic rings. The normalized spacial score (nSPS) is 11.5. The maximum atomic E-state index is 12.9. The van der Waals surface area contributed by atoms with E-state index in [0.29, 0.717) is 18.8 Å². The predicted octanol–water partition coefficient (Wildman–Crippen LogP) is 5.46. The molecule has 0 saturated carbocycles. The van der Waals surface area contributed by atoms with Gasteiger partial charge >= 0.3 is 11.9 Å². The van der Waals surface area contributed by atoms with Gasteiger partial charge in [0.1, 0.15) is 24.6 Å². The Morgan fingerprint density at radius 1 is 0.629 bits per heavy atom. The van der Waals surface area contributed by atoms with Crippen molar-refractivity contribution in [2.75, 3.05) is 77.3 Å². The third-order valence-electron chi connectivity index (χ3n) is 8.76. The molecule has 0 unspecified atom stereocenters. The van der Waals surface area contributed by atoms with Crippen molar-refractivity contribution in [3.05, 3.63) is 42.5 Å². The highest BCUT2D eigenvalue weighted by molar-refractivity contribution is 7.92. The van der Waals surface area contributed by atoms with Gasteiger partial charge in [-0.25, -0.2) is 23.2 Å². The summed E-state index contributed by atoms with van der Waals surface area (Å²) >= 11 is 0. The highest BCUT2D eigenvalue weighted by Crippen LogP contribution is 2.20. The Balaban J connectivity index is 1.47. The van der Waals surface area contributed by atoms with Crippen LogP contribution in [-0.2, 0) is 48.1 Å². The van der Waals surface area contributed by atoms with Crippen LogP contribution in [0.25, 0.3) is 0 Å². The molecule has 1 aromatic carbocycles. The van der Waals surface area contributed by atoms with Crippen molar-refractivity contribution in [2.45, 2.75) is 121 Å². The lowest BCUT2D eigenvalue weighted by atomic mass is 10.0. The van der Waals surface area contributed by atoms with Crippen LogP contribution in [0.2, 0.25) is 0 Å². The van der Waals surface area contributed by atoms with Crippen molar-refractivity contribution in [3.63, 3.8) is 0 Å². The third kappa shape index (κ3) is 28.2. The van der Waals surface area contributed by atoms with E-state index in [1.54, 1.807) is 12.1 Å². The van der Waals surface area contributed by atoms with Crippen molar-refractivity contribution in [3.8, 4) is 5.75 Å². The molecule has 0 aliphatic carbocycles. The van der Waals surface area contributed by atoms with Crippen molar-refractivity contribution in [1.82, 2.24) is 20.6 Å². The zero-order valence-electron chi connectivity index (χ0n) is 36.8. The van der Waals surface area contributed by atoms with Gasteiger partial charge in [0.15, 0.2) is 0 Å². The van der Waals surface area contributed by atoms with Crippen LogP contribution in [0, 0.1) is 0 Å². The molecule has 0 radical (unpaired) electrons. The van der Waals surface area contributed by atoms with E-state index in [0.717, 1.165) is 32.1 Å². The summed E-state index contributed by atoms with van der Waals surface area (Å²) in [5.41, 5.74) is -0.314. The number of unbranched alkanes of at least 4 members (excludes halogenated alkanes) is 12. The Labute approximate surface area is 367 Å². The summed E-state index contributed by atoms with van der Waals surface area (Å²) in [6.07, 6.45) is 18.0. The number of ether oxygens (including phenoxy) is 6. The minimum atomic E-state index is -3.94. The second-order valence-electron chi connectivity index (χ2n) is 15.5. The Hall–Kier alpha value is -4.43. The summed E-state index contributed by atoms with van der Waals surface area (Å²) in [4.78, 5) is 54.2. The molecule has 62 heavy (non-hydrogen) atoms. The van der Waals surface area contributed by atoms with Crippen molar-refractivity contribution in [1.29, 1.82) is 0 Å². The first-order valence-corrected chi connectivity index (χ1v) is 23.1. The Morgan fingerprint density at radius 3 is 1.68 bits per heavy atom. The van der Waals surface area contributed by atoms with E-state index in [9.17, 15) is 27.6 Å². The number of anilines is 1. The molecular formula is C43H69N5O13S. The van der Waals surface area contributed by atoms with E-state index in [4.69, 9.17) is 33.5 Å². The van der Waals surface area contributed by atoms with Crippen molar-refractivity contribution in [2.24, 2.45) is 0 Å². The van der Waals surface area contributed by atoms with Crippen molar-refractivity contribution < 1.29 is 61.1 Å². The largest absolute Gasteiger partial charge is 0.494 e. The second kappa shape index (κ2) is 32.3. The zero-order valence-corrected chi connectivity index (χ0v) is 37.6. The summed E-state index contributed by atoms with van der Waals surface area (Å²) in [6, 6.07) is 6.16. The number of hydrogen-bond acceptors (Lipinski definition) is 14. The van der Waals surface area contributed by atoms with Gasteiger partial charge < -0.3 is 44.2 Å². The van der Waals surface area contributed by atoms with Gasteiger partial charge in [-0.3, -0.25) is 19.1 Å². The molecule has 1 heterocycles. The molecular weight excluding hydrogens is 827 g/mol. The van der Waals surface area contributed by atoms with Gasteiger partial charge in [0.2, 0.25) is 11.7 Å². The zero-order chi connectivity index (χ0) is 45.3. The van der Waals surface area contributed by atoms with E-state index in [2.05, 4.69) is 25.3 Å². The standard InChI is InChI=1S/C43H69N5O13S/c1-43(2,3)61-40(52)17-15-13-11-9-7-5-4-6-8-10-12-14-16-24-60-36-18-20-37(21-19-36)62(54,55)48-35-31-46-41(47-32-35)42(53)45-23-26-57-27-29-58-33-38(49)44-22-25-56-28-30-59-34-39(50)51/h18-21,31-32,48H,4-17,22-30,33-34H2,1-3H3,(H,44,49)(H,45,53)(H,50,51). The number of hydrogen-bond donors (Lipinski definition) is 4. The Morgan fingerprint density at radius 2 is 1.13 bits per heavy atom. The molecule has 19 heteroatoms. The number of nitrogens with zero attached hydrogens (tertiary/aromatic N) is 2. The molecule has 0 bridgehead atoms. The van der Waals surface area contributed by atoms with Gasteiger partial charge in [0.05, 0.1) is 69.2 Å². The number of benzene rings is 1. The molecule has 0 atom stereocenters. The van der Waals surface area contributed by atoms with Gasteiger partial charge in [0, 0.05) is 19.5 Å². The number of aliphatic carboxylic acids is 1. The number of amides is 2. The Kier molecular flexibility index (Phi) is 28.0. The first-order chi connectivity index (χ1) is 29.7. The fourth-order valence-corrected chi connectivity index (χ4v) is 6.75. The fourth-order valence-electron chi connectivity index (χ4n) is 5.72.